The van der Waals surface area contributed by atoms with Gasteiger partial charge in [-0.2, -0.15) is 0 Å². The van der Waals surface area contributed by atoms with Crippen molar-refractivity contribution in [2.24, 2.45) is 40.9 Å². The Labute approximate surface area is 213 Å². The van der Waals surface area contributed by atoms with Crippen molar-refractivity contribution in [2.45, 2.75) is 50.4 Å². The van der Waals surface area contributed by atoms with Gasteiger partial charge in [0.2, 0.25) is 5.91 Å². The highest BCUT2D eigenvalue weighted by Gasteiger charge is 2.62. The van der Waals surface area contributed by atoms with E-state index in [9.17, 15) is 14.7 Å². The Morgan fingerprint density at radius 3 is 1.86 bits per heavy atom. The number of carboxylic acids is 1. The normalized spacial score (nSPS) is 37.1. The second kappa shape index (κ2) is 8.06. The highest BCUT2D eigenvalue weighted by atomic mass is 16.4. The average molecular weight is 482 g/mol. The quantitative estimate of drug-likeness (QED) is 0.529. The fourth-order valence-corrected chi connectivity index (χ4v) is 9.75. The molecule has 0 aliphatic heterocycles. The fourth-order valence-electron chi connectivity index (χ4n) is 9.75. The van der Waals surface area contributed by atoms with Gasteiger partial charge in [-0.25, -0.2) is 0 Å². The van der Waals surface area contributed by atoms with Crippen LogP contribution in [0.3, 0.4) is 0 Å². The summed E-state index contributed by atoms with van der Waals surface area (Å²) in [5, 5.41) is 13.7. The average Bonchev–Trinajstić information content (AvgIpc) is 3.42. The van der Waals surface area contributed by atoms with Crippen molar-refractivity contribution >= 4 is 11.9 Å². The van der Waals surface area contributed by atoms with Gasteiger partial charge in [0.1, 0.15) is 0 Å². The van der Waals surface area contributed by atoms with Crippen LogP contribution in [0.15, 0.2) is 72.3 Å². The van der Waals surface area contributed by atoms with Crippen LogP contribution in [-0.2, 0) is 15.0 Å². The molecule has 0 unspecified atom stereocenters. The molecule has 0 saturated heterocycles. The van der Waals surface area contributed by atoms with Gasteiger partial charge in [-0.3, -0.25) is 9.59 Å². The summed E-state index contributed by atoms with van der Waals surface area (Å²) in [5.41, 5.74) is 2.96. The van der Waals surface area contributed by atoms with E-state index in [1.807, 2.05) is 42.5 Å². The van der Waals surface area contributed by atoms with Gasteiger partial charge in [0.15, 0.2) is 0 Å². The number of carbonyl (C=O) groups is 2. The van der Waals surface area contributed by atoms with Crippen LogP contribution in [0.4, 0.5) is 0 Å². The maximum absolute atomic E-state index is 14.0. The molecule has 2 aromatic rings. The molecule has 2 N–H and O–H groups in total. The molecule has 2 aromatic carbocycles. The third kappa shape index (κ3) is 3.26. The van der Waals surface area contributed by atoms with E-state index in [1.54, 1.807) is 0 Å². The zero-order valence-corrected chi connectivity index (χ0v) is 20.7. The lowest BCUT2D eigenvalue weighted by molar-refractivity contribution is -0.143. The Hall–Kier alpha value is -2.88. The van der Waals surface area contributed by atoms with Gasteiger partial charge in [-0.15, -0.1) is 0 Å². The fraction of sp³-hybridized carbons (Fsp3) is 0.500. The Morgan fingerprint density at radius 1 is 0.833 bits per heavy atom. The molecule has 5 fully saturated rings. The summed E-state index contributed by atoms with van der Waals surface area (Å²) < 4.78 is 0. The third-order valence-electron chi connectivity index (χ3n) is 10.5. The summed E-state index contributed by atoms with van der Waals surface area (Å²) in [7, 11) is 0. The number of hydrogen-bond donors (Lipinski definition) is 2. The minimum Gasteiger partial charge on any atom is -0.481 e. The number of rotatable bonds is 6. The SMILES string of the molecule is O=C(NCC12CC3CC(CC(C3)C1)C2)[C@H]1C2=C[C@@H](C(=O)O)[C@@H]1C(c1ccccc1)(c1ccccc1)C2. The van der Waals surface area contributed by atoms with Crippen LogP contribution >= 0.6 is 0 Å². The van der Waals surface area contributed by atoms with Crippen LogP contribution in [0.25, 0.3) is 0 Å². The van der Waals surface area contributed by atoms with Crippen LogP contribution in [0.5, 0.6) is 0 Å². The molecule has 4 heteroatoms. The maximum Gasteiger partial charge on any atom is 0.310 e. The van der Waals surface area contributed by atoms with E-state index in [2.05, 4.69) is 29.6 Å². The van der Waals surface area contributed by atoms with Crippen LogP contribution in [-0.4, -0.2) is 23.5 Å². The van der Waals surface area contributed by atoms with Crippen molar-refractivity contribution in [3.05, 3.63) is 83.4 Å². The van der Waals surface area contributed by atoms with Gasteiger partial charge in [0, 0.05) is 17.9 Å². The number of hydrogen-bond acceptors (Lipinski definition) is 2. The molecule has 0 radical (unpaired) electrons. The van der Waals surface area contributed by atoms with Crippen molar-refractivity contribution in [2.75, 3.05) is 6.54 Å². The van der Waals surface area contributed by atoms with E-state index < -0.39 is 17.3 Å². The van der Waals surface area contributed by atoms with Crippen LogP contribution in [0.2, 0.25) is 0 Å². The number of benzene rings is 2. The van der Waals surface area contributed by atoms with Crippen molar-refractivity contribution in [3.8, 4) is 0 Å². The second-order valence-electron chi connectivity index (χ2n) is 12.6. The van der Waals surface area contributed by atoms with Gasteiger partial charge < -0.3 is 10.4 Å². The van der Waals surface area contributed by atoms with E-state index in [0.29, 0.717) is 6.42 Å². The minimum absolute atomic E-state index is 0.0412. The zero-order valence-electron chi connectivity index (χ0n) is 20.7. The first kappa shape index (κ1) is 22.3. The topological polar surface area (TPSA) is 66.4 Å². The minimum atomic E-state index is -0.829. The third-order valence-corrected chi connectivity index (χ3v) is 10.5. The number of aliphatic carboxylic acids is 1. The van der Waals surface area contributed by atoms with E-state index >= 15 is 0 Å². The summed E-state index contributed by atoms with van der Waals surface area (Å²) >= 11 is 0. The lowest BCUT2D eigenvalue weighted by Crippen LogP contribution is -2.52. The molecule has 8 rings (SSSR count). The molecular weight excluding hydrogens is 446 g/mol. The Morgan fingerprint density at radius 2 is 1.36 bits per heavy atom. The molecule has 1 amide bonds. The van der Waals surface area contributed by atoms with Gasteiger partial charge in [-0.1, -0.05) is 72.3 Å². The predicted molar refractivity (Wildman–Crippen MR) is 138 cm³/mol. The highest BCUT2D eigenvalue weighted by Crippen LogP contribution is 2.63. The van der Waals surface area contributed by atoms with Crippen LogP contribution < -0.4 is 5.32 Å². The molecule has 36 heavy (non-hydrogen) atoms. The van der Waals surface area contributed by atoms with Gasteiger partial charge >= 0.3 is 5.97 Å². The first-order valence-corrected chi connectivity index (χ1v) is 13.8. The van der Waals surface area contributed by atoms with Crippen molar-refractivity contribution in [1.82, 2.24) is 5.32 Å². The van der Waals surface area contributed by atoms with Gasteiger partial charge in [0.05, 0.1) is 11.8 Å². The number of fused-ring (bicyclic) bond motifs is 2. The van der Waals surface area contributed by atoms with E-state index in [-0.39, 0.29) is 23.2 Å². The molecule has 0 heterocycles. The van der Waals surface area contributed by atoms with Crippen molar-refractivity contribution < 1.29 is 14.7 Å². The Bertz CT molecular complexity index is 1140. The van der Waals surface area contributed by atoms with Crippen LogP contribution in [0, 0.1) is 40.9 Å². The summed E-state index contributed by atoms with van der Waals surface area (Å²) in [5.74, 6) is 0.372. The largest absolute Gasteiger partial charge is 0.481 e. The molecule has 6 aliphatic carbocycles. The van der Waals surface area contributed by atoms with E-state index in [0.717, 1.165) is 41.0 Å². The van der Waals surface area contributed by atoms with Crippen molar-refractivity contribution in [3.63, 3.8) is 0 Å². The standard InChI is InChI=1S/C32H35NO3/c34-29(33-19-31-15-20-11-21(16-31)13-22(12-20)17-31)27-23-14-26(30(35)36)28(27)32(18-23,24-7-3-1-4-8-24)25-9-5-2-6-10-25/h1-10,14,20-22,26-28H,11-13,15-19H2,(H,33,34)(H,35,36)/t20?,21?,22?,26-,27+,28+,31?/m1/s1. The molecule has 4 nitrogen and oxygen atoms in total. The number of amides is 1. The smallest absolute Gasteiger partial charge is 0.310 e. The number of carboxylic acid groups (broad SMARTS) is 1. The van der Waals surface area contributed by atoms with Crippen molar-refractivity contribution in [1.29, 1.82) is 0 Å². The summed E-state index contributed by atoms with van der Waals surface area (Å²) in [4.78, 5) is 26.5. The Kier molecular flexibility index (Phi) is 5.00. The molecular formula is C32H35NO3. The van der Waals surface area contributed by atoms with Gasteiger partial charge in [-0.05, 0) is 79.2 Å². The van der Waals surface area contributed by atoms with E-state index in [1.165, 1.54) is 38.5 Å². The first-order chi connectivity index (χ1) is 17.5. The summed E-state index contributed by atoms with van der Waals surface area (Å²) in [6.07, 6.45) is 10.5. The molecule has 6 bridgehead atoms. The zero-order chi connectivity index (χ0) is 24.5. The lowest BCUT2D eigenvalue weighted by atomic mass is 9.49. The maximum atomic E-state index is 14.0. The van der Waals surface area contributed by atoms with Crippen LogP contribution in [0.1, 0.15) is 56.1 Å². The number of nitrogens with one attached hydrogen (secondary N) is 1. The molecule has 6 aliphatic rings. The Balaban J connectivity index is 1.23. The predicted octanol–water partition coefficient (Wildman–Crippen LogP) is 5.58. The molecule has 186 valence electrons. The summed E-state index contributed by atoms with van der Waals surface area (Å²) in [6, 6.07) is 20.5. The summed E-state index contributed by atoms with van der Waals surface area (Å²) in [6.45, 7) is 0.757. The van der Waals surface area contributed by atoms with Gasteiger partial charge in [0.25, 0.3) is 0 Å². The number of carbonyl (C=O) groups excluding carboxylic acids is 1. The molecule has 0 aromatic heterocycles. The second-order valence-corrected chi connectivity index (χ2v) is 12.6. The first-order valence-electron chi connectivity index (χ1n) is 13.8. The molecule has 3 atom stereocenters. The lowest BCUT2D eigenvalue weighted by Gasteiger charge is -2.57. The van der Waals surface area contributed by atoms with E-state index in [4.69, 9.17) is 0 Å². The highest BCUT2D eigenvalue weighted by molar-refractivity contribution is 5.88. The molecule has 0 spiro atoms. The monoisotopic (exact) mass is 481 g/mol. The molecule has 5 saturated carbocycles.